The van der Waals surface area contributed by atoms with Crippen LogP contribution < -0.4 is 5.32 Å². The minimum atomic E-state index is -0.261. The highest BCUT2D eigenvalue weighted by Crippen LogP contribution is 2.17. The molecule has 0 spiro atoms. The number of aryl methyl sites for hydroxylation is 1. The molecule has 1 fully saturated rings. The van der Waals surface area contributed by atoms with E-state index in [1.807, 2.05) is 4.90 Å². The van der Waals surface area contributed by atoms with Crippen molar-refractivity contribution in [3.05, 3.63) is 35.6 Å². The fraction of sp³-hybridized carbons (Fsp3) is 0.600. The Labute approximate surface area is 149 Å². The molecular weight excluding hydrogens is 319 g/mol. The summed E-state index contributed by atoms with van der Waals surface area (Å²) in [4.78, 5) is 26.4. The lowest BCUT2D eigenvalue weighted by molar-refractivity contribution is -0.137. The Morgan fingerprint density at radius 2 is 1.76 bits per heavy atom. The second kappa shape index (κ2) is 9.54. The molecule has 0 saturated carbocycles. The number of benzene rings is 1. The van der Waals surface area contributed by atoms with Gasteiger partial charge in [0, 0.05) is 31.5 Å². The van der Waals surface area contributed by atoms with Gasteiger partial charge in [-0.3, -0.25) is 9.59 Å². The summed E-state index contributed by atoms with van der Waals surface area (Å²) in [7, 11) is 0. The molecule has 1 N–H and O–H groups in total. The van der Waals surface area contributed by atoms with Gasteiger partial charge in [0.25, 0.3) is 0 Å². The van der Waals surface area contributed by atoms with Gasteiger partial charge in [-0.15, -0.1) is 0 Å². The van der Waals surface area contributed by atoms with Crippen LogP contribution in [0.25, 0.3) is 0 Å². The fourth-order valence-corrected chi connectivity index (χ4v) is 3.35. The van der Waals surface area contributed by atoms with Crippen molar-refractivity contribution in [2.45, 2.75) is 58.4 Å². The molecule has 1 saturated heterocycles. The number of halogens is 1. The van der Waals surface area contributed by atoms with Crippen LogP contribution in [-0.2, 0) is 16.0 Å². The van der Waals surface area contributed by atoms with E-state index in [2.05, 4.69) is 19.2 Å². The second-order valence-corrected chi connectivity index (χ2v) is 6.81. The number of carbonyl (C=O) groups is 2. The van der Waals surface area contributed by atoms with Crippen molar-refractivity contribution in [1.29, 1.82) is 0 Å². The monoisotopic (exact) mass is 348 g/mol. The Morgan fingerprint density at radius 3 is 2.32 bits per heavy atom. The van der Waals surface area contributed by atoms with E-state index in [0.717, 1.165) is 44.3 Å². The topological polar surface area (TPSA) is 49.4 Å². The molecule has 25 heavy (non-hydrogen) atoms. The number of amides is 2. The molecule has 1 aliphatic rings. The third-order valence-electron chi connectivity index (χ3n) is 5.06. The molecule has 138 valence electrons. The van der Waals surface area contributed by atoms with E-state index in [4.69, 9.17) is 0 Å². The van der Waals surface area contributed by atoms with Crippen LogP contribution in [0.2, 0.25) is 0 Å². The average Bonchev–Trinajstić information content (AvgIpc) is 2.63. The van der Waals surface area contributed by atoms with Gasteiger partial charge >= 0.3 is 0 Å². The van der Waals surface area contributed by atoms with Crippen molar-refractivity contribution in [3.8, 4) is 0 Å². The zero-order valence-corrected chi connectivity index (χ0v) is 15.3. The van der Waals surface area contributed by atoms with E-state index < -0.39 is 0 Å². The first-order chi connectivity index (χ1) is 12.0. The number of hydrogen-bond acceptors (Lipinski definition) is 2. The molecule has 0 unspecified atom stereocenters. The van der Waals surface area contributed by atoms with Crippen molar-refractivity contribution in [2.24, 2.45) is 5.92 Å². The highest BCUT2D eigenvalue weighted by molar-refractivity contribution is 5.79. The standard InChI is InChI=1S/C20H29FN2O2/c1-3-16(4-2)20(25)23-13-11-18(12-14-23)22-19(24)10-7-15-5-8-17(21)9-6-15/h5-6,8-9,16,18H,3-4,7,10-14H2,1-2H3,(H,22,24). The first kappa shape index (κ1) is 19.4. The predicted molar refractivity (Wildman–Crippen MR) is 96.5 cm³/mol. The second-order valence-electron chi connectivity index (χ2n) is 6.81. The van der Waals surface area contributed by atoms with Gasteiger partial charge in [-0.25, -0.2) is 4.39 Å². The number of hydrogen-bond donors (Lipinski definition) is 1. The van der Waals surface area contributed by atoms with E-state index in [0.29, 0.717) is 12.8 Å². The normalized spacial score (nSPS) is 15.4. The van der Waals surface area contributed by atoms with Crippen LogP contribution in [0.5, 0.6) is 0 Å². The molecule has 5 heteroatoms. The Hall–Kier alpha value is -1.91. The Morgan fingerprint density at radius 1 is 1.16 bits per heavy atom. The smallest absolute Gasteiger partial charge is 0.225 e. The Bertz CT molecular complexity index is 562. The zero-order chi connectivity index (χ0) is 18.2. The molecule has 0 atom stereocenters. The molecule has 1 aromatic rings. The van der Waals surface area contributed by atoms with Crippen LogP contribution in [0, 0.1) is 11.7 Å². The van der Waals surface area contributed by atoms with E-state index in [1.165, 1.54) is 12.1 Å². The van der Waals surface area contributed by atoms with Gasteiger partial charge in [0.2, 0.25) is 11.8 Å². The Kier molecular flexibility index (Phi) is 7.41. The van der Waals surface area contributed by atoms with Gasteiger partial charge in [-0.05, 0) is 49.8 Å². The molecular formula is C20H29FN2O2. The summed E-state index contributed by atoms with van der Waals surface area (Å²) in [6, 6.07) is 6.40. The summed E-state index contributed by atoms with van der Waals surface area (Å²) in [5.41, 5.74) is 0.960. The lowest BCUT2D eigenvalue weighted by Crippen LogP contribution is -2.48. The van der Waals surface area contributed by atoms with E-state index in [9.17, 15) is 14.0 Å². The minimum absolute atomic E-state index is 0.0223. The van der Waals surface area contributed by atoms with Crippen molar-refractivity contribution in [3.63, 3.8) is 0 Å². The van der Waals surface area contributed by atoms with Crippen LogP contribution in [0.3, 0.4) is 0 Å². The van der Waals surface area contributed by atoms with Gasteiger partial charge in [0.15, 0.2) is 0 Å². The summed E-state index contributed by atoms with van der Waals surface area (Å²) in [6.45, 7) is 5.55. The molecule has 0 aliphatic carbocycles. The molecule has 0 radical (unpaired) electrons. The number of piperidine rings is 1. The van der Waals surface area contributed by atoms with Gasteiger partial charge in [0.05, 0.1) is 0 Å². The highest BCUT2D eigenvalue weighted by atomic mass is 19.1. The van der Waals surface area contributed by atoms with Gasteiger partial charge < -0.3 is 10.2 Å². The number of rotatable bonds is 7. The molecule has 1 heterocycles. The third kappa shape index (κ3) is 5.83. The molecule has 1 aliphatic heterocycles. The maximum absolute atomic E-state index is 12.9. The summed E-state index contributed by atoms with van der Waals surface area (Å²) in [6.07, 6.45) is 4.41. The lowest BCUT2D eigenvalue weighted by atomic mass is 9.98. The maximum atomic E-state index is 12.9. The molecule has 1 aromatic carbocycles. The minimum Gasteiger partial charge on any atom is -0.353 e. The largest absolute Gasteiger partial charge is 0.353 e. The fourth-order valence-electron chi connectivity index (χ4n) is 3.35. The van der Waals surface area contributed by atoms with E-state index in [-0.39, 0.29) is 29.6 Å². The maximum Gasteiger partial charge on any atom is 0.225 e. The van der Waals surface area contributed by atoms with Crippen LogP contribution >= 0.6 is 0 Å². The van der Waals surface area contributed by atoms with Crippen LogP contribution in [0.4, 0.5) is 4.39 Å². The van der Waals surface area contributed by atoms with Crippen molar-refractivity contribution in [1.82, 2.24) is 10.2 Å². The first-order valence-corrected chi connectivity index (χ1v) is 9.36. The number of carbonyl (C=O) groups excluding carboxylic acids is 2. The average molecular weight is 348 g/mol. The Balaban J connectivity index is 1.71. The van der Waals surface area contributed by atoms with Crippen molar-refractivity contribution < 1.29 is 14.0 Å². The lowest BCUT2D eigenvalue weighted by Gasteiger charge is -2.34. The zero-order valence-electron chi connectivity index (χ0n) is 15.3. The van der Waals surface area contributed by atoms with Crippen LogP contribution in [0.1, 0.15) is 51.5 Å². The summed E-state index contributed by atoms with van der Waals surface area (Å²) < 4.78 is 12.9. The third-order valence-corrected chi connectivity index (χ3v) is 5.06. The van der Waals surface area contributed by atoms with Gasteiger partial charge in [0.1, 0.15) is 5.82 Å². The van der Waals surface area contributed by atoms with Crippen LogP contribution in [-0.4, -0.2) is 35.8 Å². The van der Waals surface area contributed by atoms with Crippen molar-refractivity contribution >= 4 is 11.8 Å². The van der Waals surface area contributed by atoms with Crippen LogP contribution in [0.15, 0.2) is 24.3 Å². The number of likely N-dealkylation sites (tertiary alicyclic amines) is 1. The summed E-state index contributed by atoms with van der Waals surface area (Å²) >= 11 is 0. The molecule has 0 bridgehead atoms. The summed E-state index contributed by atoms with van der Waals surface area (Å²) in [5, 5.41) is 3.07. The highest BCUT2D eigenvalue weighted by Gasteiger charge is 2.26. The van der Waals surface area contributed by atoms with E-state index in [1.54, 1.807) is 12.1 Å². The SMILES string of the molecule is CCC(CC)C(=O)N1CCC(NC(=O)CCc2ccc(F)cc2)CC1. The van der Waals surface area contributed by atoms with E-state index >= 15 is 0 Å². The predicted octanol–water partition coefficient (Wildman–Crippen LogP) is 3.30. The van der Waals surface area contributed by atoms with Crippen molar-refractivity contribution in [2.75, 3.05) is 13.1 Å². The number of nitrogens with one attached hydrogen (secondary N) is 1. The quantitative estimate of drug-likeness (QED) is 0.822. The molecule has 0 aromatic heterocycles. The molecule has 4 nitrogen and oxygen atoms in total. The summed E-state index contributed by atoms with van der Waals surface area (Å²) in [5.74, 6) is 0.143. The molecule has 2 rings (SSSR count). The van der Waals surface area contributed by atoms with Gasteiger partial charge in [-0.1, -0.05) is 26.0 Å². The molecule has 2 amide bonds. The number of nitrogens with zero attached hydrogens (tertiary/aromatic N) is 1. The first-order valence-electron chi connectivity index (χ1n) is 9.36. The van der Waals surface area contributed by atoms with Gasteiger partial charge in [-0.2, -0.15) is 0 Å².